The van der Waals surface area contributed by atoms with Crippen LogP contribution in [0, 0.1) is 5.92 Å². The van der Waals surface area contributed by atoms with E-state index in [1.807, 2.05) is 12.3 Å². The molecule has 1 saturated carbocycles. The predicted molar refractivity (Wildman–Crippen MR) is 102 cm³/mol. The molecule has 25 heavy (non-hydrogen) atoms. The van der Waals surface area contributed by atoms with E-state index in [4.69, 9.17) is 5.73 Å². The summed E-state index contributed by atoms with van der Waals surface area (Å²) in [5, 5.41) is 2.11. The van der Waals surface area contributed by atoms with Gasteiger partial charge in [-0.1, -0.05) is 25.3 Å². The van der Waals surface area contributed by atoms with Crippen LogP contribution in [0.2, 0.25) is 0 Å². The minimum Gasteiger partial charge on any atom is -0.333 e. The first-order valence-electron chi connectivity index (χ1n) is 9.31. The standard InChI is InChI=1S/C20H25N3OS/c21-11-18(14-5-2-1-3-6-14)23-10-8-16-17(13-25-19(16)20(23)24)15-7-4-9-22-12-15/h4,7,9,12-14,18H,1-3,5-6,8,10-11,21H2/t18-/m0/s1. The first-order chi connectivity index (χ1) is 12.3. The number of nitrogens with two attached hydrogens (primary N) is 1. The molecule has 2 N–H and O–H groups in total. The molecule has 1 fully saturated rings. The smallest absolute Gasteiger partial charge is 0.264 e. The average molecular weight is 356 g/mol. The van der Waals surface area contributed by atoms with E-state index in [0.717, 1.165) is 23.4 Å². The number of fused-ring (bicyclic) bond motifs is 1. The Kier molecular flexibility index (Phi) is 4.86. The van der Waals surface area contributed by atoms with E-state index in [-0.39, 0.29) is 11.9 Å². The van der Waals surface area contributed by atoms with Crippen LogP contribution in [0.25, 0.3) is 11.1 Å². The van der Waals surface area contributed by atoms with Crippen molar-refractivity contribution in [2.75, 3.05) is 13.1 Å². The molecule has 1 amide bonds. The molecule has 0 unspecified atom stereocenters. The third-order valence-electron chi connectivity index (χ3n) is 5.76. The van der Waals surface area contributed by atoms with Gasteiger partial charge in [-0.2, -0.15) is 0 Å². The number of nitrogens with zero attached hydrogens (tertiary/aromatic N) is 2. The molecule has 0 spiro atoms. The maximum atomic E-state index is 13.2. The quantitative estimate of drug-likeness (QED) is 0.909. The lowest BCUT2D eigenvalue weighted by Crippen LogP contribution is -2.51. The summed E-state index contributed by atoms with van der Waals surface area (Å²) in [6.07, 6.45) is 10.9. The van der Waals surface area contributed by atoms with Gasteiger partial charge in [0.25, 0.3) is 5.91 Å². The maximum absolute atomic E-state index is 13.2. The molecule has 0 saturated heterocycles. The SMILES string of the molecule is NC[C@@H](C1CCCCC1)N1CCc2c(-c3cccnc3)csc2C1=O. The van der Waals surface area contributed by atoms with Gasteiger partial charge in [0.05, 0.1) is 4.88 Å². The third kappa shape index (κ3) is 3.11. The molecular formula is C20H25N3OS. The molecule has 5 heteroatoms. The highest BCUT2D eigenvalue weighted by molar-refractivity contribution is 7.12. The third-order valence-corrected chi connectivity index (χ3v) is 6.77. The van der Waals surface area contributed by atoms with E-state index in [0.29, 0.717) is 12.5 Å². The van der Waals surface area contributed by atoms with Crippen molar-refractivity contribution in [2.45, 2.75) is 44.6 Å². The number of thiophene rings is 1. The van der Waals surface area contributed by atoms with Crippen LogP contribution in [0.3, 0.4) is 0 Å². The molecule has 4 rings (SSSR count). The van der Waals surface area contributed by atoms with Crippen LogP contribution in [0.1, 0.15) is 47.3 Å². The van der Waals surface area contributed by atoms with Crippen LogP contribution in [0.15, 0.2) is 29.9 Å². The number of hydrogen-bond donors (Lipinski definition) is 1. The Bertz CT molecular complexity index is 737. The fourth-order valence-corrected chi connectivity index (χ4v) is 5.53. The van der Waals surface area contributed by atoms with Gasteiger partial charge < -0.3 is 10.6 Å². The van der Waals surface area contributed by atoms with Crippen molar-refractivity contribution in [3.63, 3.8) is 0 Å². The number of aromatic nitrogens is 1. The summed E-state index contributed by atoms with van der Waals surface area (Å²) in [5.74, 6) is 0.754. The van der Waals surface area contributed by atoms with Crippen LogP contribution in [0.5, 0.6) is 0 Å². The molecule has 4 nitrogen and oxygen atoms in total. The minimum atomic E-state index is 0.183. The summed E-state index contributed by atoms with van der Waals surface area (Å²) in [6, 6.07) is 4.21. The van der Waals surface area contributed by atoms with Gasteiger partial charge in [-0.25, -0.2) is 0 Å². The minimum absolute atomic E-state index is 0.183. The summed E-state index contributed by atoms with van der Waals surface area (Å²) in [6.45, 7) is 1.36. The zero-order valence-corrected chi connectivity index (χ0v) is 15.3. The topological polar surface area (TPSA) is 59.2 Å². The van der Waals surface area contributed by atoms with Gasteiger partial charge >= 0.3 is 0 Å². The van der Waals surface area contributed by atoms with E-state index >= 15 is 0 Å². The summed E-state index contributed by atoms with van der Waals surface area (Å²) < 4.78 is 0. The number of carbonyl (C=O) groups is 1. The monoisotopic (exact) mass is 355 g/mol. The lowest BCUT2D eigenvalue weighted by molar-refractivity contribution is 0.0567. The maximum Gasteiger partial charge on any atom is 0.264 e. The second-order valence-electron chi connectivity index (χ2n) is 7.15. The molecule has 1 atom stereocenters. The Labute approximate surface area is 153 Å². The van der Waals surface area contributed by atoms with Crippen molar-refractivity contribution >= 4 is 17.2 Å². The molecule has 2 aromatic heterocycles. The van der Waals surface area contributed by atoms with E-state index < -0.39 is 0 Å². The lowest BCUT2D eigenvalue weighted by atomic mass is 9.82. The fourth-order valence-electron chi connectivity index (χ4n) is 4.45. The molecule has 132 valence electrons. The number of hydrogen-bond acceptors (Lipinski definition) is 4. The van der Waals surface area contributed by atoms with Gasteiger partial charge in [0.15, 0.2) is 0 Å². The number of amides is 1. The number of pyridine rings is 1. The highest BCUT2D eigenvalue weighted by atomic mass is 32.1. The predicted octanol–water partition coefficient (Wildman–Crippen LogP) is 3.72. The number of rotatable bonds is 4. The van der Waals surface area contributed by atoms with Gasteiger partial charge in [-0.15, -0.1) is 11.3 Å². The molecule has 1 aliphatic carbocycles. The molecule has 0 bridgehead atoms. The summed E-state index contributed by atoms with van der Waals surface area (Å²) >= 11 is 1.57. The molecule has 2 aliphatic rings. The second-order valence-corrected chi connectivity index (χ2v) is 8.03. The zero-order valence-electron chi connectivity index (χ0n) is 14.5. The van der Waals surface area contributed by atoms with Crippen LogP contribution in [0.4, 0.5) is 0 Å². The lowest BCUT2D eigenvalue weighted by Gasteiger charge is -2.40. The highest BCUT2D eigenvalue weighted by Gasteiger charge is 2.36. The fraction of sp³-hybridized carbons (Fsp3) is 0.500. The summed E-state index contributed by atoms with van der Waals surface area (Å²) in [4.78, 5) is 20.4. The van der Waals surface area contributed by atoms with Crippen LogP contribution >= 0.6 is 11.3 Å². The second kappa shape index (κ2) is 7.26. The molecule has 0 aromatic carbocycles. The van der Waals surface area contributed by atoms with Gasteiger partial charge in [-0.05, 0) is 47.8 Å². The van der Waals surface area contributed by atoms with Crippen LogP contribution in [-0.2, 0) is 6.42 Å². The molecule has 0 radical (unpaired) electrons. The van der Waals surface area contributed by atoms with E-state index in [1.165, 1.54) is 43.2 Å². The highest BCUT2D eigenvalue weighted by Crippen LogP contribution is 2.37. The Morgan fingerprint density at radius 3 is 2.88 bits per heavy atom. The molecular weight excluding hydrogens is 330 g/mol. The Balaban J connectivity index is 1.60. The Morgan fingerprint density at radius 2 is 2.16 bits per heavy atom. The van der Waals surface area contributed by atoms with Gasteiger partial charge in [0, 0.05) is 37.1 Å². The normalized spacial score (nSPS) is 19.7. The molecule has 2 aromatic rings. The Morgan fingerprint density at radius 1 is 1.32 bits per heavy atom. The van der Waals surface area contributed by atoms with Crippen molar-refractivity contribution in [2.24, 2.45) is 11.7 Å². The van der Waals surface area contributed by atoms with Gasteiger partial charge in [-0.3, -0.25) is 9.78 Å². The van der Waals surface area contributed by atoms with Crippen molar-refractivity contribution in [1.82, 2.24) is 9.88 Å². The molecule has 1 aliphatic heterocycles. The van der Waals surface area contributed by atoms with E-state index in [2.05, 4.69) is 21.3 Å². The van der Waals surface area contributed by atoms with Crippen molar-refractivity contribution in [3.8, 4) is 11.1 Å². The van der Waals surface area contributed by atoms with Crippen LogP contribution in [-0.4, -0.2) is 34.9 Å². The number of carbonyl (C=O) groups excluding carboxylic acids is 1. The van der Waals surface area contributed by atoms with Crippen molar-refractivity contribution < 1.29 is 4.79 Å². The first kappa shape index (κ1) is 16.7. The van der Waals surface area contributed by atoms with E-state index in [9.17, 15) is 4.79 Å². The van der Waals surface area contributed by atoms with Crippen molar-refractivity contribution in [3.05, 3.63) is 40.3 Å². The largest absolute Gasteiger partial charge is 0.333 e. The van der Waals surface area contributed by atoms with E-state index in [1.54, 1.807) is 17.5 Å². The zero-order chi connectivity index (χ0) is 17.2. The average Bonchev–Trinajstić information content (AvgIpc) is 3.11. The first-order valence-corrected chi connectivity index (χ1v) is 10.2. The molecule has 3 heterocycles. The van der Waals surface area contributed by atoms with Crippen molar-refractivity contribution in [1.29, 1.82) is 0 Å². The van der Waals surface area contributed by atoms with Gasteiger partial charge in [0.1, 0.15) is 0 Å². The Hall–Kier alpha value is -1.72. The summed E-state index contributed by atoms with van der Waals surface area (Å²) in [7, 11) is 0. The summed E-state index contributed by atoms with van der Waals surface area (Å²) in [5.41, 5.74) is 9.58. The van der Waals surface area contributed by atoms with Crippen LogP contribution < -0.4 is 5.73 Å². The van der Waals surface area contributed by atoms with Gasteiger partial charge in [0.2, 0.25) is 0 Å².